The highest BCUT2D eigenvalue weighted by Crippen LogP contribution is 2.33. The van der Waals surface area contributed by atoms with E-state index in [9.17, 15) is 16.8 Å². The van der Waals surface area contributed by atoms with Crippen molar-refractivity contribution in [3.8, 4) is 0 Å². The van der Waals surface area contributed by atoms with Crippen molar-refractivity contribution in [2.24, 2.45) is 0 Å². The van der Waals surface area contributed by atoms with Crippen molar-refractivity contribution in [3.05, 3.63) is 34.2 Å². The second kappa shape index (κ2) is 3.68. The molecule has 4 nitrogen and oxygen atoms in total. The third-order valence-corrected chi connectivity index (χ3v) is 5.43. The molecule has 0 amide bonds. The molecule has 0 radical (unpaired) electrons. The lowest BCUT2D eigenvalue weighted by molar-refractivity contribution is 0.596. The first-order valence-electron chi connectivity index (χ1n) is 4.94. The quantitative estimate of drug-likeness (QED) is 0.810. The Balaban J connectivity index is 2.58. The molecule has 0 N–H and O–H groups in total. The maximum Gasteiger partial charge on any atom is 0.204 e. The summed E-state index contributed by atoms with van der Waals surface area (Å²) in [7, 11) is -6.97. The molecule has 1 aliphatic rings. The molecule has 1 aromatic carbocycles. The van der Waals surface area contributed by atoms with E-state index in [2.05, 4.69) is 0 Å². The zero-order valence-electron chi connectivity index (χ0n) is 9.47. The molecule has 0 unspecified atom stereocenters. The van der Waals surface area contributed by atoms with Gasteiger partial charge in [-0.3, -0.25) is 0 Å². The van der Waals surface area contributed by atoms with Crippen molar-refractivity contribution in [1.29, 1.82) is 0 Å². The van der Waals surface area contributed by atoms with E-state index in [-0.39, 0.29) is 9.80 Å². The van der Waals surface area contributed by atoms with Gasteiger partial charge in [-0.25, -0.2) is 16.8 Å². The van der Waals surface area contributed by atoms with E-state index in [1.54, 1.807) is 25.1 Å². The summed E-state index contributed by atoms with van der Waals surface area (Å²) in [5.41, 5.74) is 1.40. The molecule has 0 fully saturated rings. The monoisotopic (exact) mass is 272 g/mol. The average Bonchev–Trinajstić information content (AvgIpc) is 2.38. The Morgan fingerprint density at radius 3 is 2.47 bits per heavy atom. The van der Waals surface area contributed by atoms with Crippen molar-refractivity contribution in [1.82, 2.24) is 0 Å². The summed E-state index contributed by atoms with van der Waals surface area (Å²) in [5, 5.41) is 0. The van der Waals surface area contributed by atoms with Crippen molar-refractivity contribution in [2.45, 2.75) is 11.8 Å². The van der Waals surface area contributed by atoms with Crippen LogP contribution in [0.1, 0.15) is 11.1 Å². The normalized spacial score (nSPS) is 17.6. The van der Waals surface area contributed by atoms with Gasteiger partial charge in [0.2, 0.25) is 9.84 Å². The van der Waals surface area contributed by atoms with Gasteiger partial charge in [-0.1, -0.05) is 12.1 Å². The van der Waals surface area contributed by atoms with Crippen LogP contribution >= 0.6 is 0 Å². The van der Waals surface area contributed by atoms with E-state index in [1.807, 2.05) is 0 Å². The molecule has 6 heteroatoms. The Labute approximate surface area is 101 Å². The van der Waals surface area contributed by atoms with Gasteiger partial charge in [0.05, 0.1) is 15.6 Å². The lowest BCUT2D eigenvalue weighted by atomic mass is 10.1. The van der Waals surface area contributed by atoms with Gasteiger partial charge in [-0.2, -0.15) is 0 Å². The second-order valence-electron chi connectivity index (χ2n) is 4.23. The second-order valence-corrected chi connectivity index (χ2v) is 8.34. The summed E-state index contributed by atoms with van der Waals surface area (Å²) < 4.78 is 46.5. The highest BCUT2D eigenvalue weighted by atomic mass is 32.2. The standard InChI is InChI=1S/C11H12O4S2/c1-8-3-4-9-6-10(7-16(2,12)13)17(14,15)11(9)5-8/h3-6H,7H2,1-2H3. The summed E-state index contributed by atoms with van der Waals surface area (Å²) in [6.45, 7) is 1.80. The lowest BCUT2D eigenvalue weighted by Gasteiger charge is -2.03. The third-order valence-electron chi connectivity index (χ3n) is 2.52. The van der Waals surface area contributed by atoms with Crippen LogP contribution in [0, 0.1) is 6.92 Å². The number of benzene rings is 1. The number of aryl methyl sites for hydroxylation is 1. The van der Waals surface area contributed by atoms with E-state index in [1.165, 1.54) is 6.08 Å². The van der Waals surface area contributed by atoms with Crippen molar-refractivity contribution < 1.29 is 16.8 Å². The Bertz CT molecular complexity index is 710. The highest BCUT2D eigenvalue weighted by Gasteiger charge is 2.31. The molecule has 1 aromatic rings. The molecule has 0 bridgehead atoms. The SMILES string of the molecule is Cc1ccc2c(c1)S(=O)(=O)C(CS(C)(=O)=O)=C2. The van der Waals surface area contributed by atoms with Crippen LogP contribution in [0.2, 0.25) is 0 Å². The van der Waals surface area contributed by atoms with Crippen molar-refractivity contribution in [2.75, 3.05) is 12.0 Å². The molecule has 0 saturated heterocycles. The van der Waals surface area contributed by atoms with Crippen LogP contribution in [-0.2, 0) is 19.7 Å². The number of sulfone groups is 2. The molecular formula is C11H12O4S2. The zero-order valence-corrected chi connectivity index (χ0v) is 11.1. The van der Waals surface area contributed by atoms with Crippen LogP contribution in [0.4, 0.5) is 0 Å². The minimum Gasteiger partial charge on any atom is -0.229 e. The summed E-state index contributed by atoms with van der Waals surface area (Å²) >= 11 is 0. The molecule has 92 valence electrons. The van der Waals surface area contributed by atoms with Crippen LogP contribution < -0.4 is 0 Å². The average molecular weight is 272 g/mol. The van der Waals surface area contributed by atoms with Crippen LogP contribution in [0.25, 0.3) is 6.08 Å². The summed E-state index contributed by atoms with van der Waals surface area (Å²) in [6.07, 6.45) is 2.46. The maximum absolute atomic E-state index is 12.1. The highest BCUT2D eigenvalue weighted by molar-refractivity contribution is 7.98. The first kappa shape index (κ1) is 12.3. The lowest BCUT2D eigenvalue weighted by Crippen LogP contribution is -2.11. The Morgan fingerprint density at radius 2 is 1.88 bits per heavy atom. The third kappa shape index (κ3) is 2.28. The fourth-order valence-electron chi connectivity index (χ4n) is 1.76. The minimum atomic E-state index is -3.62. The summed E-state index contributed by atoms with van der Waals surface area (Å²) in [5.74, 6) is -0.441. The molecule has 2 rings (SSSR count). The van der Waals surface area contributed by atoms with Crippen molar-refractivity contribution >= 4 is 25.8 Å². The molecular weight excluding hydrogens is 260 g/mol. The van der Waals surface area contributed by atoms with E-state index in [0.717, 1.165) is 11.8 Å². The predicted molar refractivity (Wildman–Crippen MR) is 66.1 cm³/mol. The molecule has 0 aromatic heterocycles. The molecule has 0 atom stereocenters. The maximum atomic E-state index is 12.1. The van der Waals surface area contributed by atoms with Gasteiger partial charge in [0, 0.05) is 6.26 Å². The Hall–Kier alpha value is -1.14. The van der Waals surface area contributed by atoms with Gasteiger partial charge in [0.25, 0.3) is 0 Å². The molecule has 1 aliphatic heterocycles. The van der Waals surface area contributed by atoms with E-state index in [4.69, 9.17) is 0 Å². The fraction of sp³-hybridized carbons (Fsp3) is 0.273. The van der Waals surface area contributed by atoms with Gasteiger partial charge in [0.15, 0.2) is 9.84 Å². The van der Waals surface area contributed by atoms with Gasteiger partial charge < -0.3 is 0 Å². The smallest absolute Gasteiger partial charge is 0.204 e. The molecule has 0 spiro atoms. The van der Waals surface area contributed by atoms with Crippen molar-refractivity contribution in [3.63, 3.8) is 0 Å². The van der Waals surface area contributed by atoms with Crippen LogP contribution in [0.15, 0.2) is 28.0 Å². The van der Waals surface area contributed by atoms with Gasteiger partial charge in [-0.15, -0.1) is 0 Å². The first-order valence-corrected chi connectivity index (χ1v) is 8.48. The van der Waals surface area contributed by atoms with Gasteiger partial charge >= 0.3 is 0 Å². The molecule has 1 heterocycles. The predicted octanol–water partition coefficient (Wildman–Crippen LogP) is 1.17. The largest absolute Gasteiger partial charge is 0.229 e. The Kier molecular flexibility index (Phi) is 2.67. The Morgan fingerprint density at radius 1 is 1.24 bits per heavy atom. The van der Waals surface area contributed by atoms with E-state index < -0.39 is 25.4 Å². The fourth-order valence-corrected chi connectivity index (χ4v) is 4.97. The first-order chi connectivity index (χ1) is 7.70. The van der Waals surface area contributed by atoms with Crippen LogP contribution in [0.5, 0.6) is 0 Å². The number of rotatable bonds is 2. The van der Waals surface area contributed by atoms with E-state index in [0.29, 0.717) is 5.56 Å². The molecule has 0 aliphatic carbocycles. The molecule has 0 saturated carbocycles. The zero-order chi connectivity index (χ0) is 12.8. The minimum absolute atomic E-state index is 0.0411. The van der Waals surface area contributed by atoms with Gasteiger partial charge in [-0.05, 0) is 30.2 Å². The number of hydrogen-bond acceptors (Lipinski definition) is 4. The van der Waals surface area contributed by atoms with Crippen LogP contribution in [0.3, 0.4) is 0 Å². The van der Waals surface area contributed by atoms with Crippen LogP contribution in [-0.4, -0.2) is 28.8 Å². The number of fused-ring (bicyclic) bond motifs is 1. The summed E-state index contributed by atoms with van der Waals surface area (Å²) in [4.78, 5) is 0.164. The van der Waals surface area contributed by atoms with E-state index >= 15 is 0 Å². The topological polar surface area (TPSA) is 68.3 Å². The number of hydrogen-bond donors (Lipinski definition) is 0. The van der Waals surface area contributed by atoms with Gasteiger partial charge in [0.1, 0.15) is 0 Å². The summed E-state index contributed by atoms with van der Waals surface area (Å²) in [6, 6.07) is 5.06. The molecule has 17 heavy (non-hydrogen) atoms.